The highest BCUT2D eigenvalue weighted by atomic mass is 19.1. The first-order valence-electron chi connectivity index (χ1n) is 12.2. The Bertz CT molecular complexity index is 1470. The number of para-hydroxylation sites is 1. The number of likely N-dealkylation sites (N-methyl/N-ethyl adjacent to an activating group) is 2. The predicted molar refractivity (Wildman–Crippen MR) is 148 cm³/mol. The van der Waals surface area contributed by atoms with Gasteiger partial charge in [0.1, 0.15) is 5.82 Å². The zero-order valence-corrected chi connectivity index (χ0v) is 20.9. The van der Waals surface area contributed by atoms with E-state index in [0.717, 1.165) is 47.4 Å². The number of benzene rings is 3. The Morgan fingerprint density at radius 3 is 2.78 bits per heavy atom. The number of fused-ring (bicyclic) bond motifs is 1. The maximum absolute atomic E-state index is 13.9. The number of carbonyl (C=O) groups excluding carboxylic acids is 1. The van der Waals surface area contributed by atoms with Crippen molar-refractivity contribution in [2.75, 3.05) is 42.7 Å². The van der Waals surface area contributed by atoms with E-state index in [2.05, 4.69) is 46.1 Å². The van der Waals surface area contributed by atoms with Crippen molar-refractivity contribution < 1.29 is 9.18 Å². The van der Waals surface area contributed by atoms with Gasteiger partial charge < -0.3 is 20.4 Å². The van der Waals surface area contributed by atoms with Gasteiger partial charge in [0.25, 0.3) is 0 Å². The van der Waals surface area contributed by atoms with Crippen molar-refractivity contribution in [2.45, 2.75) is 12.5 Å². The minimum absolute atomic E-state index is 0.281. The summed E-state index contributed by atoms with van der Waals surface area (Å²) in [5.41, 5.74) is 4.60. The van der Waals surface area contributed by atoms with E-state index < -0.39 is 0 Å². The highest BCUT2D eigenvalue weighted by Crippen LogP contribution is 2.33. The molecule has 1 fully saturated rings. The molecule has 1 aliphatic rings. The average molecular weight is 497 g/mol. The van der Waals surface area contributed by atoms with Crippen LogP contribution in [-0.4, -0.2) is 54.0 Å². The lowest BCUT2D eigenvalue weighted by Gasteiger charge is -2.29. The number of nitrogens with zero attached hydrogens (tertiary/aromatic N) is 4. The number of likely N-dealkylation sites (tertiary alicyclic amines) is 1. The van der Waals surface area contributed by atoms with E-state index in [-0.39, 0.29) is 11.7 Å². The van der Waals surface area contributed by atoms with Gasteiger partial charge in [-0.25, -0.2) is 14.4 Å². The molecule has 7 nitrogen and oxygen atoms in total. The molecule has 1 atom stereocenters. The average Bonchev–Trinajstić information content (AvgIpc) is 3.34. The van der Waals surface area contributed by atoms with Gasteiger partial charge in [-0.05, 0) is 62.0 Å². The quantitative estimate of drug-likeness (QED) is 0.332. The molecule has 4 aromatic rings. The van der Waals surface area contributed by atoms with Gasteiger partial charge in [-0.15, -0.1) is 0 Å². The van der Waals surface area contributed by atoms with Gasteiger partial charge in [-0.1, -0.05) is 36.9 Å². The fraction of sp³-hybridized carbons (Fsp3) is 0.207. The summed E-state index contributed by atoms with van der Waals surface area (Å²) >= 11 is 0. The minimum atomic E-state index is -0.301. The van der Waals surface area contributed by atoms with Gasteiger partial charge in [0, 0.05) is 42.5 Å². The van der Waals surface area contributed by atoms with E-state index in [1.54, 1.807) is 12.3 Å². The van der Waals surface area contributed by atoms with Crippen LogP contribution in [0.1, 0.15) is 6.42 Å². The van der Waals surface area contributed by atoms with Crippen molar-refractivity contribution >= 4 is 39.8 Å². The van der Waals surface area contributed by atoms with E-state index in [9.17, 15) is 9.18 Å². The second-order valence-electron chi connectivity index (χ2n) is 9.31. The summed E-state index contributed by atoms with van der Waals surface area (Å²) < 4.78 is 13.9. The number of nitrogens with one attached hydrogen (secondary N) is 2. The normalized spacial score (nSPS) is 15.5. The third-order valence-electron chi connectivity index (χ3n) is 6.74. The number of hydrogen-bond acceptors (Lipinski definition) is 6. The molecule has 1 amide bonds. The first kappa shape index (κ1) is 24.4. The van der Waals surface area contributed by atoms with Crippen molar-refractivity contribution in [2.24, 2.45) is 0 Å². The molecule has 0 bridgehead atoms. The highest BCUT2D eigenvalue weighted by molar-refractivity contribution is 6.02. The smallest absolute Gasteiger partial charge is 0.247 e. The van der Waals surface area contributed by atoms with Crippen LogP contribution in [0.5, 0.6) is 0 Å². The Hall–Kier alpha value is -4.30. The third kappa shape index (κ3) is 5.29. The van der Waals surface area contributed by atoms with Gasteiger partial charge >= 0.3 is 0 Å². The second kappa shape index (κ2) is 10.4. The zero-order valence-electron chi connectivity index (χ0n) is 20.9. The van der Waals surface area contributed by atoms with E-state index in [4.69, 9.17) is 4.98 Å². The summed E-state index contributed by atoms with van der Waals surface area (Å²) in [5.74, 6) is -0.182. The molecule has 37 heavy (non-hydrogen) atoms. The largest absolute Gasteiger partial charge is 0.369 e. The topological polar surface area (TPSA) is 73.4 Å². The van der Waals surface area contributed by atoms with Crippen LogP contribution in [0, 0.1) is 5.82 Å². The monoisotopic (exact) mass is 496 g/mol. The summed E-state index contributed by atoms with van der Waals surface area (Å²) in [6, 6.07) is 18.4. The van der Waals surface area contributed by atoms with Crippen molar-refractivity contribution in [3.63, 3.8) is 0 Å². The zero-order chi connectivity index (χ0) is 25.9. The van der Waals surface area contributed by atoms with E-state index in [1.165, 1.54) is 18.2 Å². The van der Waals surface area contributed by atoms with Crippen LogP contribution in [-0.2, 0) is 4.79 Å². The molecule has 1 unspecified atom stereocenters. The molecule has 0 radical (unpaired) electrons. The van der Waals surface area contributed by atoms with Crippen molar-refractivity contribution in [3.05, 3.63) is 85.3 Å². The van der Waals surface area contributed by atoms with Crippen LogP contribution < -0.4 is 15.5 Å². The molecule has 1 saturated heterocycles. The Balaban J connectivity index is 1.48. The molecule has 1 aliphatic heterocycles. The number of rotatable bonds is 7. The fourth-order valence-electron chi connectivity index (χ4n) is 4.76. The number of aromatic nitrogens is 2. The lowest BCUT2D eigenvalue weighted by atomic mass is 10.0. The highest BCUT2D eigenvalue weighted by Gasteiger charge is 2.25. The Labute approximate surface area is 215 Å². The lowest BCUT2D eigenvalue weighted by molar-refractivity contribution is -0.111. The van der Waals surface area contributed by atoms with Crippen LogP contribution in [0.25, 0.3) is 22.0 Å². The van der Waals surface area contributed by atoms with Gasteiger partial charge in [-0.2, -0.15) is 0 Å². The van der Waals surface area contributed by atoms with Crippen molar-refractivity contribution in [3.8, 4) is 11.1 Å². The maximum Gasteiger partial charge on any atom is 0.247 e. The summed E-state index contributed by atoms with van der Waals surface area (Å²) in [4.78, 5) is 25.9. The number of amides is 1. The molecule has 0 spiro atoms. The molecule has 8 heteroatoms. The molecule has 3 aromatic carbocycles. The van der Waals surface area contributed by atoms with E-state index in [0.29, 0.717) is 23.2 Å². The lowest BCUT2D eigenvalue weighted by Crippen LogP contribution is -2.34. The molecular weight excluding hydrogens is 467 g/mol. The summed E-state index contributed by atoms with van der Waals surface area (Å²) in [6.45, 7) is 5.59. The van der Waals surface area contributed by atoms with E-state index in [1.807, 2.05) is 42.5 Å². The molecule has 0 saturated carbocycles. The molecule has 1 aromatic heterocycles. The number of anilines is 4. The molecule has 5 rings (SSSR count). The van der Waals surface area contributed by atoms with E-state index >= 15 is 0 Å². The Morgan fingerprint density at radius 2 is 2.03 bits per heavy atom. The second-order valence-corrected chi connectivity index (χ2v) is 9.31. The number of hydrogen-bond donors (Lipinski definition) is 2. The molecule has 2 N–H and O–H groups in total. The van der Waals surface area contributed by atoms with Gasteiger partial charge in [0.2, 0.25) is 11.9 Å². The standard InChI is InChI=1S/C29H29FN6O/c1-4-27(37)33-25-16-22(11-12-26(25)36(3)23-13-14-35(2)18-23)32-29-31-17-20-8-6-10-24(28(20)34-29)19-7-5-9-21(30)15-19/h4-12,15-17,23H,1,13-14,18H2,2-3H3,(H,33,37)(H,31,32,34). The Morgan fingerprint density at radius 1 is 1.19 bits per heavy atom. The number of carbonyl (C=O) groups is 1. The molecule has 188 valence electrons. The maximum atomic E-state index is 13.9. The first-order valence-corrected chi connectivity index (χ1v) is 12.2. The first-order chi connectivity index (χ1) is 17.9. The van der Waals surface area contributed by atoms with Gasteiger partial charge in [0.05, 0.1) is 16.9 Å². The Kier molecular flexibility index (Phi) is 6.83. The van der Waals surface area contributed by atoms with Crippen LogP contribution >= 0.6 is 0 Å². The van der Waals surface area contributed by atoms with Crippen LogP contribution in [0.3, 0.4) is 0 Å². The number of halogens is 1. The summed E-state index contributed by atoms with van der Waals surface area (Å²) in [5, 5.41) is 7.05. The summed E-state index contributed by atoms with van der Waals surface area (Å²) in [7, 11) is 4.17. The third-order valence-corrected chi connectivity index (χ3v) is 6.74. The minimum Gasteiger partial charge on any atom is -0.369 e. The molecule has 2 heterocycles. The van der Waals surface area contributed by atoms with Gasteiger partial charge in [-0.3, -0.25) is 4.79 Å². The van der Waals surface area contributed by atoms with Crippen LogP contribution in [0.15, 0.2) is 79.5 Å². The molecular formula is C29H29FN6O. The molecule has 0 aliphatic carbocycles. The van der Waals surface area contributed by atoms with Crippen molar-refractivity contribution in [1.82, 2.24) is 14.9 Å². The fourth-order valence-corrected chi connectivity index (χ4v) is 4.76. The van der Waals surface area contributed by atoms with Gasteiger partial charge in [0.15, 0.2) is 0 Å². The summed E-state index contributed by atoms with van der Waals surface area (Å²) in [6.07, 6.45) is 4.06. The van der Waals surface area contributed by atoms with Crippen molar-refractivity contribution in [1.29, 1.82) is 0 Å². The predicted octanol–water partition coefficient (Wildman–Crippen LogP) is 5.44. The van der Waals surface area contributed by atoms with Crippen LogP contribution in [0.2, 0.25) is 0 Å². The SMILES string of the molecule is C=CC(=O)Nc1cc(Nc2ncc3cccc(-c4cccc(F)c4)c3n2)ccc1N(C)C1CCN(C)C1. The van der Waals surface area contributed by atoms with Crippen LogP contribution in [0.4, 0.5) is 27.4 Å².